The fraction of sp³-hybridized carbons (Fsp3) is 0.500. The average molecular weight is 194 g/mol. The lowest BCUT2D eigenvalue weighted by Gasteiger charge is -2.25. The summed E-state index contributed by atoms with van der Waals surface area (Å²) < 4.78 is 18.6. The molecule has 1 aromatic carbocycles. The number of aryl methyl sites for hydroxylation is 1. The Labute approximate surface area is 83.9 Å². The number of ether oxygens (including phenoxy) is 1. The van der Waals surface area contributed by atoms with Gasteiger partial charge in [0.15, 0.2) is 0 Å². The highest BCUT2D eigenvalue weighted by molar-refractivity contribution is 5.35. The molecule has 0 radical (unpaired) electrons. The molecule has 1 aromatic rings. The second-order valence-electron chi connectivity index (χ2n) is 3.82. The van der Waals surface area contributed by atoms with E-state index in [2.05, 4.69) is 6.92 Å². The summed E-state index contributed by atoms with van der Waals surface area (Å²) in [6, 6.07) is 4.79. The van der Waals surface area contributed by atoms with Crippen molar-refractivity contribution in [2.75, 3.05) is 0 Å². The fourth-order valence-electron chi connectivity index (χ4n) is 1.94. The summed E-state index contributed by atoms with van der Waals surface area (Å²) in [5.41, 5.74) is 1.01. The maximum Gasteiger partial charge on any atom is 0.123 e. The Kier molecular flexibility index (Phi) is 2.71. The number of rotatable bonds is 2. The number of halogens is 1. The molecule has 2 heteroatoms. The summed E-state index contributed by atoms with van der Waals surface area (Å²) in [5, 5.41) is 0. The van der Waals surface area contributed by atoms with Gasteiger partial charge in [0.2, 0.25) is 0 Å². The van der Waals surface area contributed by atoms with Crippen molar-refractivity contribution in [2.45, 2.75) is 38.7 Å². The van der Waals surface area contributed by atoms with E-state index in [0.29, 0.717) is 6.10 Å². The normalized spacial score (nSPS) is 20.0. The molecule has 0 aromatic heterocycles. The van der Waals surface area contributed by atoms with Crippen LogP contribution in [0.1, 0.15) is 31.7 Å². The lowest BCUT2D eigenvalue weighted by Crippen LogP contribution is -2.22. The van der Waals surface area contributed by atoms with E-state index in [-0.39, 0.29) is 5.82 Å². The molecule has 0 spiro atoms. The van der Waals surface area contributed by atoms with Crippen LogP contribution >= 0.6 is 0 Å². The van der Waals surface area contributed by atoms with Crippen LogP contribution in [0.25, 0.3) is 0 Å². The van der Waals surface area contributed by atoms with Gasteiger partial charge in [-0.25, -0.2) is 4.39 Å². The number of hydrogen-bond acceptors (Lipinski definition) is 1. The highest BCUT2D eigenvalue weighted by atomic mass is 19.1. The van der Waals surface area contributed by atoms with Crippen LogP contribution in [0.4, 0.5) is 4.39 Å². The molecule has 1 aliphatic rings. The van der Waals surface area contributed by atoms with E-state index < -0.39 is 0 Å². The van der Waals surface area contributed by atoms with Gasteiger partial charge in [0, 0.05) is 0 Å². The van der Waals surface area contributed by atoms with Crippen molar-refractivity contribution < 1.29 is 9.13 Å². The number of fused-ring (bicyclic) bond motifs is 1. The molecule has 0 bridgehead atoms. The van der Waals surface area contributed by atoms with Crippen molar-refractivity contribution in [2.24, 2.45) is 0 Å². The minimum atomic E-state index is -0.165. The third-order valence-electron chi connectivity index (χ3n) is 2.66. The number of hydrogen-bond donors (Lipinski definition) is 0. The highest BCUT2D eigenvalue weighted by Gasteiger charge is 2.18. The smallest absolute Gasteiger partial charge is 0.123 e. The van der Waals surface area contributed by atoms with Gasteiger partial charge in [-0.3, -0.25) is 0 Å². The summed E-state index contributed by atoms with van der Waals surface area (Å²) >= 11 is 0. The van der Waals surface area contributed by atoms with Crippen molar-refractivity contribution in [1.82, 2.24) is 0 Å². The van der Waals surface area contributed by atoms with E-state index in [1.807, 2.05) is 0 Å². The molecule has 0 N–H and O–H groups in total. The first-order valence-corrected chi connectivity index (χ1v) is 5.24. The van der Waals surface area contributed by atoms with Crippen LogP contribution < -0.4 is 4.74 Å². The third-order valence-corrected chi connectivity index (χ3v) is 2.66. The van der Waals surface area contributed by atoms with Crippen LogP contribution in [0, 0.1) is 5.82 Å². The molecule has 0 aliphatic carbocycles. The highest BCUT2D eigenvalue weighted by Crippen LogP contribution is 2.29. The monoisotopic (exact) mass is 194 g/mol. The first-order chi connectivity index (χ1) is 6.79. The SMILES string of the molecule is CCC[C@@H]1CCc2cc(F)ccc2O1. The van der Waals surface area contributed by atoms with E-state index in [4.69, 9.17) is 4.74 Å². The largest absolute Gasteiger partial charge is 0.490 e. The Morgan fingerprint density at radius 1 is 1.50 bits per heavy atom. The number of benzene rings is 1. The van der Waals surface area contributed by atoms with Gasteiger partial charge < -0.3 is 4.74 Å². The van der Waals surface area contributed by atoms with Gasteiger partial charge >= 0.3 is 0 Å². The van der Waals surface area contributed by atoms with Gasteiger partial charge in [-0.1, -0.05) is 13.3 Å². The molecule has 0 amide bonds. The van der Waals surface area contributed by atoms with Crippen LogP contribution in [-0.4, -0.2) is 6.10 Å². The van der Waals surface area contributed by atoms with E-state index in [1.165, 1.54) is 6.07 Å². The van der Waals surface area contributed by atoms with Crippen molar-refractivity contribution in [3.63, 3.8) is 0 Å². The summed E-state index contributed by atoms with van der Waals surface area (Å²) in [7, 11) is 0. The van der Waals surface area contributed by atoms with Crippen molar-refractivity contribution in [3.05, 3.63) is 29.6 Å². The van der Waals surface area contributed by atoms with Gasteiger partial charge in [0.1, 0.15) is 11.6 Å². The zero-order valence-corrected chi connectivity index (χ0v) is 8.42. The van der Waals surface area contributed by atoms with Crippen molar-refractivity contribution in [1.29, 1.82) is 0 Å². The predicted octanol–water partition coefficient (Wildman–Crippen LogP) is 3.32. The maximum absolute atomic E-state index is 12.9. The second-order valence-corrected chi connectivity index (χ2v) is 3.82. The molecule has 0 unspecified atom stereocenters. The average Bonchev–Trinajstić information content (AvgIpc) is 2.19. The minimum absolute atomic E-state index is 0.165. The summed E-state index contributed by atoms with van der Waals surface area (Å²) in [5.74, 6) is 0.706. The van der Waals surface area contributed by atoms with E-state index >= 15 is 0 Å². The van der Waals surface area contributed by atoms with Gasteiger partial charge in [-0.05, 0) is 43.0 Å². The van der Waals surface area contributed by atoms with E-state index in [1.54, 1.807) is 12.1 Å². The zero-order valence-electron chi connectivity index (χ0n) is 8.42. The quantitative estimate of drug-likeness (QED) is 0.701. The molecule has 1 heterocycles. The first kappa shape index (κ1) is 9.50. The topological polar surface area (TPSA) is 9.23 Å². The lowest BCUT2D eigenvalue weighted by molar-refractivity contribution is 0.162. The molecule has 0 saturated heterocycles. The molecule has 14 heavy (non-hydrogen) atoms. The molecule has 0 fully saturated rings. The maximum atomic E-state index is 12.9. The molecular weight excluding hydrogens is 179 g/mol. The Bertz CT molecular complexity index is 322. The van der Waals surface area contributed by atoms with Gasteiger partial charge in [0.25, 0.3) is 0 Å². The molecule has 76 valence electrons. The fourth-order valence-corrected chi connectivity index (χ4v) is 1.94. The standard InChI is InChI=1S/C12H15FO/c1-2-3-11-6-4-9-8-10(13)5-7-12(9)14-11/h5,7-8,11H,2-4,6H2,1H3/t11-/m1/s1. The van der Waals surface area contributed by atoms with Crippen molar-refractivity contribution >= 4 is 0 Å². The van der Waals surface area contributed by atoms with Crippen LogP contribution in [0.5, 0.6) is 5.75 Å². The Balaban J connectivity index is 2.15. The molecule has 1 atom stereocenters. The molecular formula is C12H15FO. The van der Waals surface area contributed by atoms with Gasteiger partial charge in [-0.2, -0.15) is 0 Å². The molecule has 0 saturated carbocycles. The molecule has 2 rings (SSSR count). The minimum Gasteiger partial charge on any atom is -0.490 e. The van der Waals surface area contributed by atoms with Crippen LogP contribution in [0.3, 0.4) is 0 Å². The Morgan fingerprint density at radius 2 is 2.36 bits per heavy atom. The van der Waals surface area contributed by atoms with Gasteiger partial charge in [0.05, 0.1) is 6.10 Å². The van der Waals surface area contributed by atoms with Crippen LogP contribution in [-0.2, 0) is 6.42 Å². The first-order valence-electron chi connectivity index (χ1n) is 5.24. The van der Waals surface area contributed by atoms with E-state index in [0.717, 1.165) is 37.0 Å². The van der Waals surface area contributed by atoms with Gasteiger partial charge in [-0.15, -0.1) is 0 Å². The summed E-state index contributed by atoms with van der Waals surface area (Å²) in [4.78, 5) is 0. The summed E-state index contributed by atoms with van der Waals surface area (Å²) in [6.45, 7) is 2.16. The molecule has 1 nitrogen and oxygen atoms in total. The third kappa shape index (κ3) is 1.89. The second kappa shape index (κ2) is 3.99. The predicted molar refractivity (Wildman–Crippen MR) is 54.0 cm³/mol. The van der Waals surface area contributed by atoms with Crippen LogP contribution in [0.15, 0.2) is 18.2 Å². The van der Waals surface area contributed by atoms with Crippen molar-refractivity contribution in [3.8, 4) is 5.75 Å². The van der Waals surface area contributed by atoms with Crippen LogP contribution in [0.2, 0.25) is 0 Å². The lowest BCUT2D eigenvalue weighted by atomic mass is 10.00. The molecule has 1 aliphatic heterocycles. The Hall–Kier alpha value is -1.05. The Morgan fingerprint density at radius 3 is 3.14 bits per heavy atom. The summed E-state index contributed by atoms with van der Waals surface area (Å²) in [6.07, 6.45) is 4.53. The van der Waals surface area contributed by atoms with E-state index in [9.17, 15) is 4.39 Å². The zero-order chi connectivity index (χ0) is 9.97.